The first-order valence-electron chi connectivity index (χ1n) is 6.86. The number of aromatic nitrogens is 1. The summed E-state index contributed by atoms with van der Waals surface area (Å²) in [5.41, 5.74) is 6.21. The summed E-state index contributed by atoms with van der Waals surface area (Å²) in [6.07, 6.45) is 0. The monoisotopic (exact) mass is 335 g/mol. The van der Waals surface area contributed by atoms with E-state index in [2.05, 4.69) is 15.0 Å². The number of carbonyl (C=O) groups excluding carboxylic acids is 2. The number of rotatable bonds is 6. The van der Waals surface area contributed by atoms with Gasteiger partial charge in [-0.05, 0) is 6.92 Å². The summed E-state index contributed by atoms with van der Waals surface area (Å²) in [4.78, 5) is 23.8. The SMILES string of the molecule is COc1cc(NC(=O)COC(=O)c2c(C)noc2N)cc(OC)c1. The summed E-state index contributed by atoms with van der Waals surface area (Å²) < 4.78 is 19.8. The average molecular weight is 335 g/mol. The fourth-order valence-electron chi connectivity index (χ4n) is 1.92. The highest BCUT2D eigenvalue weighted by Gasteiger charge is 2.20. The van der Waals surface area contributed by atoms with Gasteiger partial charge in [0.1, 0.15) is 17.1 Å². The third-order valence-electron chi connectivity index (χ3n) is 3.06. The van der Waals surface area contributed by atoms with Crippen molar-refractivity contribution in [3.05, 3.63) is 29.5 Å². The standard InChI is InChI=1S/C15H17N3O6/c1-8-13(14(16)24-18-8)15(20)23-7-12(19)17-9-4-10(21-2)6-11(5-9)22-3/h4-6H,7,16H2,1-3H3,(H,17,19). The zero-order chi connectivity index (χ0) is 17.7. The molecule has 2 aromatic rings. The van der Waals surface area contributed by atoms with Crippen molar-refractivity contribution in [3.63, 3.8) is 0 Å². The molecule has 1 amide bonds. The smallest absolute Gasteiger partial charge is 0.346 e. The van der Waals surface area contributed by atoms with Gasteiger partial charge < -0.3 is 29.8 Å². The number of ether oxygens (including phenoxy) is 3. The Kier molecular flexibility index (Phi) is 5.25. The molecule has 0 saturated carbocycles. The zero-order valence-electron chi connectivity index (χ0n) is 13.4. The first-order valence-corrected chi connectivity index (χ1v) is 6.86. The van der Waals surface area contributed by atoms with E-state index in [1.54, 1.807) is 25.1 Å². The van der Waals surface area contributed by atoms with E-state index in [1.807, 2.05) is 0 Å². The Morgan fingerprint density at radius 1 is 1.21 bits per heavy atom. The van der Waals surface area contributed by atoms with Crippen molar-refractivity contribution in [2.75, 3.05) is 31.9 Å². The van der Waals surface area contributed by atoms with E-state index < -0.39 is 18.5 Å². The van der Waals surface area contributed by atoms with Gasteiger partial charge in [0, 0.05) is 23.9 Å². The summed E-state index contributed by atoms with van der Waals surface area (Å²) >= 11 is 0. The van der Waals surface area contributed by atoms with E-state index in [1.165, 1.54) is 14.2 Å². The maximum atomic E-state index is 11.9. The molecule has 0 aliphatic carbocycles. The third-order valence-corrected chi connectivity index (χ3v) is 3.06. The fourth-order valence-corrected chi connectivity index (χ4v) is 1.92. The fraction of sp³-hybridized carbons (Fsp3) is 0.267. The predicted octanol–water partition coefficient (Wildman–Crippen LogP) is 1.38. The number of methoxy groups -OCH3 is 2. The van der Waals surface area contributed by atoms with Crippen LogP contribution < -0.4 is 20.5 Å². The van der Waals surface area contributed by atoms with E-state index in [4.69, 9.17) is 19.9 Å². The lowest BCUT2D eigenvalue weighted by Crippen LogP contribution is -2.21. The van der Waals surface area contributed by atoms with Gasteiger partial charge >= 0.3 is 5.97 Å². The second-order valence-electron chi connectivity index (χ2n) is 4.73. The molecular formula is C15H17N3O6. The Morgan fingerprint density at radius 2 is 1.83 bits per heavy atom. The molecule has 1 aromatic heterocycles. The molecule has 3 N–H and O–H groups in total. The molecule has 0 spiro atoms. The molecule has 24 heavy (non-hydrogen) atoms. The number of carbonyl (C=O) groups is 2. The van der Waals surface area contributed by atoms with Crippen LogP contribution in [0, 0.1) is 6.92 Å². The molecule has 0 bridgehead atoms. The second-order valence-corrected chi connectivity index (χ2v) is 4.73. The number of amides is 1. The van der Waals surface area contributed by atoms with Crippen molar-refractivity contribution in [1.82, 2.24) is 5.16 Å². The van der Waals surface area contributed by atoms with Crippen LogP contribution in [0.2, 0.25) is 0 Å². The van der Waals surface area contributed by atoms with Crippen LogP contribution in [0.3, 0.4) is 0 Å². The molecule has 0 radical (unpaired) electrons. The van der Waals surface area contributed by atoms with Crippen molar-refractivity contribution in [1.29, 1.82) is 0 Å². The molecule has 0 saturated heterocycles. The number of nitrogens with one attached hydrogen (secondary N) is 1. The summed E-state index contributed by atoms with van der Waals surface area (Å²) in [6, 6.07) is 4.86. The highest BCUT2D eigenvalue weighted by Crippen LogP contribution is 2.25. The first kappa shape index (κ1) is 17.1. The van der Waals surface area contributed by atoms with E-state index in [-0.39, 0.29) is 17.1 Å². The van der Waals surface area contributed by atoms with Gasteiger partial charge in [0.25, 0.3) is 5.91 Å². The maximum Gasteiger partial charge on any atom is 0.346 e. The summed E-state index contributed by atoms with van der Waals surface area (Å²) in [6.45, 7) is 1.04. The number of hydrogen-bond donors (Lipinski definition) is 2. The molecular weight excluding hydrogens is 318 g/mol. The minimum atomic E-state index is -0.787. The van der Waals surface area contributed by atoms with Crippen LogP contribution in [0.5, 0.6) is 11.5 Å². The number of anilines is 2. The number of nitrogens with two attached hydrogens (primary N) is 1. The largest absolute Gasteiger partial charge is 0.497 e. The normalized spacial score (nSPS) is 10.1. The number of nitrogen functional groups attached to an aromatic ring is 1. The van der Waals surface area contributed by atoms with Gasteiger partial charge in [0.15, 0.2) is 6.61 Å². The van der Waals surface area contributed by atoms with Gasteiger partial charge in [-0.2, -0.15) is 0 Å². The Morgan fingerprint density at radius 3 is 2.33 bits per heavy atom. The molecule has 0 fully saturated rings. The van der Waals surface area contributed by atoms with Crippen LogP contribution in [0.4, 0.5) is 11.6 Å². The van der Waals surface area contributed by atoms with Crippen LogP contribution in [0.1, 0.15) is 16.1 Å². The van der Waals surface area contributed by atoms with Crippen LogP contribution in [-0.2, 0) is 9.53 Å². The van der Waals surface area contributed by atoms with Gasteiger partial charge in [-0.15, -0.1) is 0 Å². The Labute approximate surface area is 137 Å². The molecule has 1 heterocycles. The molecule has 0 aliphatic heterocycles. The predicted molar refractivity (Wildman–Crippen MR) is 84.1 cm³/mol. The van der Waals surface area contributed by atoms with Gasteiger partial charge in [-0.25, -0.2) is 4.79 Å². The van der Waals surface area contributed by atoms with Gasteiger partial charge in [0.05, 0.1) is 19.9 Å². The van der Waals surface area contributed by atoms with Gasteiger partial charge in [0.2, 0.25) is 5.88 Å². The van der Waals surface area contributed by atoms with Gasteiger partial charge in [-0.1, -0.05) is 5.16 Å². The summed E-state index contributed by atoms with van der Waals surface area (Å²) in [5, 5.41) is 6.12. The van der Waals surface area contributed by atoms with Crippen molar-refractivity contribution in [3.8, 4) is 11.5 Å². The maximum absolute atomic E-state index is 11.9. The molecule has 0 atom stereocenters. The summed E-state index contributed by atoms with van der Waals surface area (Å²) in [5.74, 6) is -0.463. The number of benzene rings is 1. The van der Waals surface area contributed by atoms with E-state index in [0.717, 1.165) is 0 Å². The molecule has 128 valence electrons. The highest BCUT2D eigenvalue weighted by atomic mass is 16.5. The number of esters is 1. The van der Waals surface area contributed by atoms with Crippen LogP contribution in [0.15, 0.2) is 22.7 Å². The Hall–Kier alpha value is -3.23. The number of nitrogens with zero attached hydrogens (tertiary/aromatic N) is 1. The third kappa shape index (κ3) is 3.94. The number of aryl methyl sites for hydroxylation is 1. The van der Waals surface area contributed by atoms with Crippen molar-refractivity contribution in [2.24, 2.45) is 0 Å². The van der Waals surface area contributed by atoms with Gasteiger partial charge in [-0.3, -0.25) is 4.79 Å². The molecule has 0 unspecified atom stereocenters. The zero-order valence-corrected chi connectivity index (χ0v) is 13.4. The molecule has 0 aliphatic rings. The lowest BCUT2D eigenvalue weighted by molar-refractivity contribution is -0.119. The van der Waals surface area contributed by atoms with Crippen LogP contribution in [0.25, 0.3) is 0 Å². The second kappa shape index (κ2) is 7.36. The minimum absolute atomic E-state index is 0.00542. The Bertz CT molecular complexity index is 714. The molecule has 1 aromatic carbocycles. The van der Waals surface area contributed by atoms with Crippen molar-refractivity contribution >= 4 is 23.4 Å². The van der Waals surface area contributed by atoms with Crippen LogP contribution in [-0.4, -0.2) is 37.9 Å². The first-order chi connectivity index (χ1) is 11.4. The average Bonchev–Trinajstić information content (AvgIpc) is 2.91. The summed E-state index contributed by atoms with van der Waals surface area (Å²) in [7, 11) is 2.99. The topological polar surface area (TPSA) is 126 Å². The molecule has 9 heteroatoms. The molecule has 9 nitrogen and oxygen atoms in total. The van der Waals surface area contributed by atoms with Crippen molar-refractivity contribution in [2.45, 2.75) is 6.92 Å². The van der Waals surface area contributed by atoms with Crippen molar-refractivity contribution < 1.29 is 28.3 Å². The van der Waals surface area contributed by atoms with E-state index in [9.17, 15) is 9.59 Å². The lowest BCUT2D eigenvalue weighted by Gasteiger charge is -2.10. The molecule has 2 rings (SSSR count). The quantitative estimate of drug-likeness (QED) is 0.758. The highest BCUT2D eigenvalue weighted by molar-refractivity contribution is 5.98. The minimum Gasteiger partial charge on any atom is -0.497 e. The van der Waals surface area contributed by atoms with Crippen LogP contribution >= 0.6 is 0 Å². The number of hydrogen-bond acceptors (Lipinski definition) is 8. The lowest BCUT2D eigenvalue weighted by atomic mass is 10.2. The van der Waals surface area contributed by atoms with E-state index >= 15 is 0 Å². The van der Waals surface area contributed by atoms with E-state index in [0.29, 0.717) is 17.2 Å². The Balaban J connectivity index is 1.97.